The van der Waals surface area contributed by atoms with Gasteiger partial charge in [-0.15, -0.1) is 0 Å². The van der Waals surface area contributed by atoms with Gasteiger partial charge < -0.3 is 0 Å². The smallest absolute Gasteiger partial charge is 0.272 e. The summed E-state index contributed by atoms with van der Waals surface area (Å²) in [7, 11) is 0. The monoisotopic (exact) mass is 181 g/mol. The maximum atomic E-state index is 12.4. The first-order chi connectivity index (χ1) is 5.52. The molecule has 0 amide bonds. The highest BCUT2D eigenvalue weighted by molar-refractivity contribution is 5.13. The molecule has 0 aliphatic heterocycles. The Bertz CT molecular complexity index is 346. The molecular weight excluding hydrogens is 178 g/mol. The average Bonchev–Trinajstić information content (AvgIpc) is 1.82. The quantitative estimate of drug-likeness (QED) is 0.517. The third-order valence-corrected chi connectivity index (χ3v) is 1.21. The van der Waals surface area contributed by atoms with E-state index in [0.717, 1.165) is 0 Å². The van der Waals surface area contributed by atoms with Crippen molar-refractivity contribution in [3.8, 4) is 0 Å². The highest BCUT2D eigenvalue weighted by atomic mass is 19.3. The van der Waals surface area contributed by atoms with Gasteiger partial charge in [-0.1, -0.05) is 0 Å². The van der Waals surface area contributed by atoms with Gasteiger partial charge in [-0.25, -0.2) is 13.2 Å². The molecule has 0 aromatic carbocycles. The molecule has 1 rings (SSSR count). The van der Waals surface area contributed by atoms with E-state index in [1.54, 1.807) is 0 Å². The lowest BCUT2D eigenvalue weighted by Crippen LogP contribution is -2.16. The summed E-state index contributed by atoms with van der Waals surface area (Å²) in [6, 6.07) is 0.197. The Hall–Kier alpha value is -1.33. The number of hydrogen-bond acceptors (Lipinski definition) is 1. The van der Waals surface area contributed by atoms with Crippen molar-refractivity contribution in [2.24, 2.45) is 0 Å². The normalized spacial score (nSPS) is 10.8. The van der Waals surface area contributed by atoms with E-state index in [1.807, 2.05) is 0 Å². The van der Waals surface area contributed by atoms with Gasteiger partial charge in [-0.2, -0.15) is 4.39 Å². The fraction of sp³-hybridized carbons (Fsp3) is 0.167. The third-order valence-electron chi connectivity index (χ3n) is 1.21. The molecule has 0 unspecified atom stereocenters. The zero-order valence-electron chi connectivity index (χ0n) is 5.57. The Kier molecular flexibility index (Phi) is 2.16. The first-order valence-corrected chi connectivity index (χ1v) is 2.88. The van der Waals surface area contributed by atoms with E-state index in [1.165, 1.54) is 4.98 Å². The summed E-state index contributed by atoms with van der Waals surface area (Å²) in [5.74, 6) is -2.81. The van der Waals surface area contributed by atoms with Crippen LogP contribution in [0.15, 0.2) is 10.9 Å². The van der Waals surface area contributed by atoms with Gasteiger partial charge in [0, 0.05) is 6.07 Å². The van der Waals surface area contributed by atoms with Crippen molar-refractivity contribution in [1.29, 1.82) is 0 Å². The Morgan fingerprint density at radius 3 is 2.33 bits per heavy atom. The second-order valence-corrected chi connectivity index (χ2v) is 2.01. The third kappa shape index (κ3) is 1.46. The van der Waals surface area contributed by atoms with Crippen molar-refractivity contribution in [3.05, 3.63) is 33.7 Å². The standard InChI is InChI=1S/C6H3F4NO/c7-2-1-3(8)11-6(12)4(2)5(9)10/h1,5H,(H,11,12). The van der Waals surface area contributed by atoms with Crippen LogP contribution in [0.25, 0.3) is 0 Å². The summed E-state index contributed by atoms with van der Waals surface area (Å²) >= 11 is 0. The predicted octanol–water partition coefficient (Wildman–Crippen LogP) is 1.59. The van der Waals surface area contributed by atoms with Crippen LogP contribution in [0.5, 0.6) is 0 Å². The summed E-state index contributed by atoms with van der Waals surface area (Å²) in [6.07, 6.45) is -3.24. The minimum atomic E-state index is -3.24. The van der Waals surface area contributed by atoms with Crippen LogP contribution in [0, 0.1) is 11.8 Å². The molecule has 1 heterocycles. The average molecular weight is 181 g/mol. The summed E-state index contributed by atoms with van der Waals surface area (Å²) in [5.41, 5.74) is -2.78. The molecule has 0 aliphatic rings. The second-order valence-electron chi connectivity index (χ2n) is 2.01. The summed E-state index contributed by atoms with van der Waals surface area (Å²) in [4.78, 5) is 11.9. The molecule has 1 aromatic rings. The van der Waals surface area contributed by atoms with Gasteiger partial charge in [0.1, 0.15) is 11.4 Å². The summed E-state index contributed by atoms with van der Waals surface area (Å²) in [5, 5.41) is 0. The number of aromatic nitrogens is 1. The molecule has 0 radical (unpaired) electrons. The van der Waals surface area contributed by atoms with Gasteiger partial charge in [0.05, 0.1) is 0 Å². The molecule has 0 aliphatic carbocycles. The number of pyridine rings is 1. The van der Waals surface area contributed by atoms with E-state index in [0.29, 0.717) is 0 Å². The lowest BCUT2D eigenvalue weighted by Gasteiger charge is -1.98. The molecule has 12 heavy (non-hydrogen) atoms. The van der Waals surface area contributed by atoms with Crippen LogP contribution >= 0.6 is 0 Å². The Morgan fingerprint density at radius 1 is 1.33 bits per heavy atom. The molecule has 0 bridgehead atoms. The van der Waals surface area contributed by atoms with Crippen LogP contribution in [0.1, 0.15) is 12.0 Å². The van der Waals surface area contributed by atoms with Crippen molar-refractivity contribution in [2.45, 2.75) is 6.43 Å². The number of alkyl halides is 2. The Labute approximate surface area is 63.8 Å². The molecule has 0 spiro atoms. The maximum absolute atomic E-state index is 12.4. The minimum absolute atomic E-state index is 0.197. The van der Waals surface area contributed by atoms with Crippen LogP contribution in [0.2, 0.25) is 0 Å². The van der Waals surface area contributed by atoms with Crippen molar-refractivity contribution in [2.75, 3.05) is 0 Å². The molecule has 6 heteroatoms. The first-order valence-electron chi connectivity index (χ1n) is 2.88. The van der Waals surface area contributed by atoms with E-state index >= 15 is 0 Å². The first kappa shape index (κ1) is 8.76. The van der Waals surface area contributed by atoms with Crippen LogP contribution in [0.4, 0.5) is 17.6 Å². The summed E-state index contributed by atoms with van der Waals surface area (Å²) < 4.78 is 48.2. The van der Waals surface area contributed by atoms with Crippen molar-refractivity contribution in [1.82, 2.24) is 4.98 Å². The number of aromatic amines is 1. The fourth-order valence-corrected chi connectivity index (χ4v) is 0.713. The summed E-state index contributed by atoms with van der Waals surface area (Å²) in [6.45, 7) is 0. The molecule has 0 saturated carbocycles. The number of hydrogen-bond donors (Lipinski definition) is 1. The van der Waals surface area contributed by atoms with Gasteiger partial charge in [-0.3, -0.25) is 9.78 Å². The van der Waals surface area contributed by atoms with Crippen molar-refractivity contribution < 1.29 is 17.6 Å². The molecule has 1 aromatic heterocycles. The lowest BCUT2D eigenvalue weighted by atomic mass is 10.3. The SMILES string of the molecule is O=c1[nH]c(F)cc(F)c1C(F)F. The second kappa shape index (κ2) is 2.96. The van der Waals surface area contributed by atoms with Gasteiger partial charge >= 0.3 is 0 Å². The van der Waals surface area contributed by atoms with Gasteiger partial charge in [0.15, 0.2) is 5.95 Å². The van der Waals surface area contributed by atoms with E-state index in [9.17, 15) is 22.4 Å². The Balaban J connectivity index is 3.39. The van der Waals surface area contributed by atoms with E-state index in [-0.39, 0.29) is 6.07 Å². The zero-order valence-corrected chi connectivity index (χ0v) is 5.57. The molecule has 1 N–H and O–H groups in total. The maximum Gasteiger partial charge on any atom is 0.272 e. The number of H-pyrrole nitrogens is 1. The number of halogens is 4. The molecule has 0 fully saturated rings. The van der Waals surface area contributed by atoms with Crippen LogP contribution in [-0.4, -0.2) is 4.98 Å². The molecular formula is C6H3F4NO. The van der Waals surface area contributed by atoms with Gasteiger partial charge in [-0.05, 0) is 0 Å². The van der Waals surface area contributed by atoms with Gasteiger partial charge in [0.25, 0.3) is 12.0 Å². The minimum Gasteiger partial charge on any atom is -0.298 e. The molecule has 66 valence electrons. The predicted molar refractivity (Wildman–Crippen MR) is 31.9 cm³/mol. The number of rotatable bonds is 1. The largest absolute Gasteiger partial charge is 0.298 e. The van der Waals surface area contributed by atoms with Crippen molar-refractivity contribution >= 4 is 0 Å². The van der Waals surface area contributed by atoms with E-state index < -0.39 is 29.3 Å². The van der Waals surface area contributed by atoms with Gasteiger partial charge in [0.2, 0.25) is 0 Å². The van der Waals surface area contributed by atoms with Crippen LogP contribution in [0.3, 0.4) is 0 Å². The highest BCUT2D eigenvalue weighted by Crippen LogP contribution is 2.17. The zero-order chi connectivity index (χ0) is 9.30. The molecule has 2 nitrogen and oxygen atoms in total. The highest BCUT2D eigenvalue weighted by Gasteiger charge is 2.18. The lowest BCUT2D eigenvalue weighted by molar-refractivity contribution is 0.144. The van der Waals surface area contributed by atoms with Crippen LogP contribution in [-0.2, 0) is 0 Å². The van der Waals surface area contributed by atoms with Crippen LogP contribution < -0.4 is 5.56 Å². The van der Waals surface area contributed by atoms with Crippen molar-refractivity contribution in [3.63, 3.8) is 0 Å². The molecule has 0 saturated heterocycles. The topological polar surface area (TPSA) is 32.9 Å². The molecule has 0 atom stereocenters. The number of nitrogens with one attached hydrogen (secondary N) is 1. The fourth-order valence-electron chi connectivity index (χ4n) is 0.713. The Morgan fingerprint density at radius 2 is 1.92 bits per heavy atom. The van der Waals surface area contributed by atoms with E-state index in [4.69, 9.17) is 0 Å². The van der Waals surface area contributed by atoms with E-state index in [2.05, 4.69) is 0 Å².